The molecular weight excluding hydrogens is 305 g/mol. The van der Waals surface area contributed by atoms with E-state index >= 15 is 0 Å². The van der Waals surface area contributed by atoms with Crippen molar-refractivity contribution < 1.29 is 22.7 Å². The number of allylic oxidation sites excluding steroid dienone is 2. The van der Waals surface area contributed by atoms with E-state index in [2.05, 4.69) is 12.2 Å². The van der Waals surface area contributed by atoms with Gasteiger partial charge in [-0.3, -0.25) is 4.79 Å². The summed E-state index contributed by atoms with van der Waals surface area (Å²) in [5.41, 5.74) is -0.747. The van der Waals surface area contributed by atoms with E-state index in [1.54, 1.807) is 20.8 Å². The Morgan fingerprint density at radius 1 is 1.00 bits per heavy atom. The monoisotopic (exact) mass is 328 g/mol. The Morgan fingerprint density at radius 2 is 1.57 bits per heavy atom. The number of rotatable bonds is 1. The highest BCUT2D eigenvalue weighted by molar-refractivity contribution is 5.75. The van der Waals surface area contributed by atoms with Crippen LogP contribution >= 0.6 is 0 Å². The lowest BCUT2D eigenvalue weighted by atomic mass is 9.64. The number of carbonyl (C=O) groups is 1. The molecule has 4 aliphatic carbocycles. The molecule has 0 amide bonds. The Morgan fingerprint density at radius 3 is 2.09 bits per heavy atom. The van der Waals surface area contributed by atoms with Crippen LogP contribution in [0, 0.1) is 47.3 Å². The SMILES string of the molecule is CC(C)(C)OC(=O)C1C2CC(C3C4C=CC(C4)C23)C1C(F)(F)F. The Hall–Kier alpha value is -1.00. The predicted octanol–water partition coefficient (Wildman–Crippen LogP) is 4.21. The van der Waals surface area contributed by atoms with Crippen molar-refractivity contribution in [3.05, 3.63) is 12.2 Å². The van der Waals surface area contributed by atoms with Crippen molar-refractivity contribution in [3.63, 3.8) is 0 Å². The number of carbonyl (C=O) groups excluding carboxylic acids is 1. The minimum Gasteiger partial charge on any atom is -0.460 e. The smallest absolute Gasteiger partial charge is 0.392 e. The molecule has 0 spiro atoms. The molecule has 128 valence electrons. The van der Waals surface area contributed by atoms with Gasteiger partial charge in [-0.05, 0) is 69.1 Å². The van der Waals surface area contributed by atoms with Crippen molar-refractivity contribution in [2.45, 2.75) is 45.4 Å². The molecule has 0 heterocycles. The van der Waals surface area contributed by atoms with Crippen molar-refractivity contribution in [2.75, 3.05) is 0 Å². The molecule has 0 aliphatic heterocycles. The molecule has 3 saturated carbocycles. The van der Waals surface area contributed by atoms with Gasteiger partial charge in [-0.2, -0.15) is 13.2 Å². The van der Waals surface area contributed by atoms with Crippen molar-refractivity contribution in [2.24, 2.45) is 47.3 Å². The zero-order chi connectivity index (χ0) is 16.7. The summed E-state index contributed by atoms with van der Waals surface area (Å²) >= 11 is 0. The second-order valence-corrected chi connectivity index (χ2v) is 8.79. The van der Waals surface area contributed by atoms with E-state index in [1.807, 2.05) is 0 Å². The van der Waals surface area contributed by atoms with Crippen molar-refractivity contribution in [1.29, 1.82) is 0 Å². The minimum atomic E-state index is -4.32. The fourth-order valence-corrected chi connectivity index (χ4v) is 6.18. The van der Waals surface area contributed by atoms with Gasteiger partial charge in [-0.15, -0.1) is 0 Å². The first-order valence-corrected chi connectivity index (χ1v) is 8.56. The van der Waals surface area contributed by atoms with Crippen LogP contribution in [-0.2, 0) is 9.53 Å². The summed E-state index contributed by atoms with van der Waals surface area (Å²) in [5, 5.41) is 0. The third-order valence-corrected chi connectivity index (χ3v) is 6.48. The molecule has 8 atom stereocenters. The number of ether oxygens (including phenoxy) is 1. The zero-order valence-electron chi connectivity index (χ0n) is 13.6. The number of halogens is 3. The number of esters is 1. The van der Waals surface area contributed by atoms with Crippen LogP contribution in [0.3, 0.4) is 0 Å². The van der Waals surface area contributed by atoms with Crippen molar-refractivity contribution in [3.8, 4) is 0 Å². The first-order chi connectivity index (χ1) is 10.6. The van der Waals surface area contributed by atoms with Gasteiger partial charge in [0.25, 0.3) is 0 Å². The Kier molecular flexibility index (Phi) is 3.07. The van der Waals surface area contributed by atoms with Gasteiger partial charge in [0.1, 0.15) is 5.60 Å². The highest BCUT2D eigenvalue weighted by Gasteiger charge is 2.71. The summed E-state index contributed by atoms with van der Waals surface area (Å²) in [6.07, 6.45) is 1.48. The highest BCUT2D eigenvalue weighted by atomic mass is 19.4. The van der Waals surface area contributed by atoms with Crippen molar-refractivity contribution >= 4 is 5.97 Å². The molecule has 8 unspecified atom stereocenters. The summed E-state index contributed by atoms with van der Waals surface area (Å²) in [4.78, 5) is 12.6. The molecule has 4 rings (SSSR count). The van der Waals surface area contributed by atoms with Crippen LogP contribution in [0.4, 0.5) is 13.2 Å². The van der Waals surface area contributed by atoms with Crippen LogP contribution in [0.2, 0.25) is 0 Å². The molecule has 2 nitrogen and oxygen atoms in total. The molecule has 0 aromatic heterocycles. The lowest BCUT2D eigenvalue weighted by Crippen LogP contribution is -2.47. The lowest BCUT2D eigenvalue weighted by Gasteiger charge is -2.42. The first-order valence-electron chi connectivity index (χ1n) is 8.56. The topological polar surface area (TPSA) is 26.3 Å². The lowest BCUT2D eigenvalue weighted by molar-refractivity contribution is -0.220. The van der Waals surface area contributed by atoms with Gasteiger partial charge in [-0.1, -0.05) is 12.2 Å². The average Bonchev–Trinajstić information content (AvgIpc) is 3.12. The Balaban J connectivity index is 1.68. The molecule has 0 radical (unpaired) electrons. The normalized spacial score (nSPS) is 47.2. The summed E-state index contributed by atoms with van der Waals surface area (Å²) in [6.45, 7) is 5.14. The molecule has 4 aliphatic rings. The maximum absolute atomic E-state index is 13.7. The molecule has 23 heavy (non-hydrogen) atoms. The standard InChI is InChI=1S/C18H23F3O2/c1-17(2,3)23-16(22)14-10-7-11(15(14)18(19,20)21)13-9-5-4-8(6-9)12(10)13/h4-5,8-15H,6-7H2,1-3H3. The van der Waals surface area contributed by atoms with Gasteiger partial charge >= 0.3 is 12.1 Å². The van der Waals surface area contributed by atoms with Gasteiger partial charge in [0.15, 0.2) is 0 Å². The van der Waals surface area contributed by atoms with Gasteiger partial charge in [0.2, 0.25) is 0 Å². The van der Waals surface area contributed by atoms with E-state index < -0.39 is 35.5 Å². The number of hydrogen-bond donors (Lipinski definition) is 0. The molecule has 4 bridgehead atoms. The maximum atomic E-state index is 13.7. The van der Waals surface area contributed by atoms with Crippen LogP contribution in [0.25, 0.3) is 0 Å². The zero-order valence-corrected chi connectivity index (χ0v) is 13.6. The molecule has 5 heteroatoms. The Bertz CT molecular complexity index is 560. The fourth-order valence-electron chi connectivity index (χ4n) is 6.18. The predicted molar refractivity (Wildman–Crippen MR) is 78.2 cm³/mol. The van der Waals surface area contributed by atoms with Gasteiger partial charge in [-0.25, -0.2) is 0 Å². The molecule has 3 fully saturated rings. The van der Waals surface area contributed by atoms with Gasteiger partial charge in [0, 0.05) is 0 Å². The van der Waals surface area contributed by atoms with Crippen LogP contribution < -0.4 is 0 Å². The van der Waals surface area contributed by atoms with Crippen LogP contribution in [0.5, 0.6) is 0 Å². The summed E-state index contributed by atoms with van der Waals surface area (Å²) in [6, 6.07) is 0. The Labute approximate surface area is 134 Å². The van der Waals surface area contributed by atoms with E-state index in [-0.39, 0.29) is 17.8 Å². The number of fused-ring (bicyclic) bond motifs is 9. The van der Waals surface area contributed by atoms with E-state index in [1.165, 1.54) is 0 Å². The molecule has 0 aromatic rings. The second-order valence-electron chi connectivity index (χ2n) is 8.79. The largest absolute Gasteiger partial charge is 0.460 e. The highest BCUT2D eigenvalue weighted by Crippen LogP contribution is 2.70. The third kappa shape index (κ3) is 2.18. The van der Waals surface area contributed by atoms with Crippen LogP contribution in [0.1, 0.15) is 33.6 Å². The fraction of sp³-hybridized carbons (Fsp3) is 0.833. The van der Waals surface area contributed by atoms with Gasteiger partial charge < -0.3 is 4.74 Å². The molecular formula is C18H23F3O2. The summed E-state index contributed by atoms with van der Waals surface area (Å²) in [5.74, 6) is -2.68. The van der Waals surface area contributed by atoms with Crippen LogP contribution in [0.15, 0.2) is 12.2 Å². The maximum Gasteiger partial charge on any atom is 0.392 e. The molecule has 0 saturated heterocycles. The summed E-state index contributed by atoms with van der Waals surface area (Å²) in [7, 11) is 0. The second kappa shape index (κ2) is 4.54. The number of hydrogen-bond acceptors (Lipinski definition) is 2. The quantitative estimate of drug-likeness (QED) is 0.409. The number of alkyl halides is 3. The van der Waals surface area contributed by atoms with E-state index in [0.29, 0.717) is 18.3 Å². The first kappa shape index (κ1) is 15.5. The minimum absolute atomic E-state index is 0.125. The average molecular weight is 328 g/mol. The third-order valence-electron chi connectivity index (χ3n) is 6.48. The molecule has 0 aromatic carbocycles. The summed E-state index contributed by atoms with van der Waals surface area (Å²) < 4.78 is 46.6. The van der Waals surface area contributed by atoms with E-state index in [9.17, 15) is 18.0 Å². The van der Waals surface area contributed by atoms with Crippen molar-refractivity contribution in [1.82, 2.24) is 0 Å². The van der Waals surface area contributed by atoms with Gasteiger partial charge in [0.05, 0.1) is 11.8 Å². The molecule has 0 N–H and O–H groups in total. The van der Waals surface area contributed by atoms with Crippen LogP contribution in [-0.4, -0.2) is 17.7 Å². The van der Waals surface area contributed by atoms with E-state index in [4.69, 9.17) is 4.74 Å². The van der Waals surface area contributed by atoms with E-state index in [0.717, 1.165) is 6.42 Å².